The first-order valence-electron chi connectivity index (χ1n) is 9.19. The number of anilines is 1. The summed E-state index contributed by atoms with van der Waals surface area (Å²) in [4.78, 5) is 49.4. The van der Waals surface area contributed by atoms with Gasteiger partial charge in [-0.15, -0.1) is 0 Å². The molecular weight excluding hydrogens is 378 g/mol. The Morgan fingerprint density at radius 1 is 1.14 bits per heavy atom. The minimum Gasteiger partial charge on any atom is -0.494 e. The minimum atomic E-state index is -0.824. The molecule has 0 amide bonds. The van der Waals surface area contributed by atoms with E-state index in [0.717, 1.165) is 4.57 Å². The Bertz CT molecular complexity index is 1020. The average molecular weight is 403 g/mol. The van der Waals surface area contributed by atoms with Crippen LogP contribution >= 0.6 is 0 Å². The Hall–Kier alpha value is -3.36. The minimum absolute atomic E-state index is 0.0629. The van der Waals surface area contributed by atoms with Crippen molar-refractivity contribution in [2.45, 2.75) is 27.3 Å². The molecule has 1 aromatic carbocycles. The van der Waals surface area contributed by atoms with E-state index >= 15 is 0 Å². The van der Waals surface area contributed by atoms with Gasteiger partial charge < -0.3 is 15.2 Å². The zero-order valence-electron chi connectivity index (χ0n) is 16.9. The topological polar surface area (TPSA) is 123 Å². The second-order valence-electron chi connectivity index (χ2n) is 6.87. The van der Waals surface area contributed by atoms with E-state index in [2.05, 4.69) is 0 Å². The number of aromatic nitrogens is 2. The molecule has 0 aliphatic carbocycles. The van der Waals surface area contributed by atoms with E-state index in [1.807, 2.05) is 20.8 Å². The van der Waals surface area contributed by atoms with Crippen LogP contribution in [0.25, 0.3) is 0 Å². The third-order valence-electron chi connectivity index (χ3n) is 4.15. The molecule has 0 atom stereocenters. The molecule has 156 valence electrons. The van der Waals surface area contributed by atoms with Gasteiger partial charge in [-0.1, -0.05) is 13.8 Å². The van der Waals surface area contributed by atoms with Crippen LogP contribution in [0.4, 0.5) is 5.82 Å². The fraction of sp³-hybridized carbons (Fsp3) is 0.400. The van der Waals surface area contributed by atoms with Crippen molar-refractivity contribution in [3.8, 4) is 5.75 Å². The summed E-state index contributed by atoms with van der Waals surface area (Å²) in [5.41, 5.74) is 4.37. The average Bonchev–Trinajstić information content (AvgIpc) is 2.68. The van der Waals surface area contributed by atoms with Crippen LogP contribution in [0.15, 0.2) is 33.9 Å². The van der Waals surface area contributed by atoms with Crippen LogP contribution in [-0.4, -0.2) is 34.1 Å². The predicted octanol–water partition coefficient (Wildman–Crippen LogP) is 1.22. The first-order valence-corrected chi connectivity index (χ1v) is 9.19. The van der Waals surface area contributed by atoms with E-state index in [1.54, 1.807) is 12.1 Å². The van der Waals surface area contributed by atoms with Gasteiger partial charge in [0, 0.05) is 13.6 Å². The number of esters is 1. The zero-order chi connectivity index (χ0) is 21.7. The van der Waals surface area contributed by atoms with Gasteiger partial charge in [-0.2, -0.15) is 0 Å². The molecule has 0 saturated carbocycles. The van der Waals surface area contributed by atoms with E-state index in [9.17, 15) is 19.2 Å². The molecular formula is C20H25N3O6. The second-order valence-corrected chi connectivity index (χ2v) is 6.87. The molecule has 2 N–H and O–H groups in total. The number of nitrogens with zero attached hydrogens (tertiary/aromatic N) is 2. The molecule has 1 heterocycles. The van der Waals surface area contributed by atoms with Crippen molar-refractivity contribution in [3.05, 3.63) is 56.2 Å². The zero-order valence-corrected chi connectivity index (χ0v) is 16.9. The standard InChI is InChI=1S/C20H25N3O6/c1-5-28-14-8-6-13(7-9-14)19(26)29-11-15(24)16-17(21)23(10-12(2)3)20(27)22(4)18(16)25/h6-9,12H,5,10-11,21H2,1-4H3. The molecule has 0 aliphatic rings. The summed E-state index contributed by atoms with van der Waals surface area (Å²) in [6.45, 7) is 5.65. The molecule has 9 nitrogen and oxygen atoms in total. The van der Waals surface area contributed by atoms with Gasteiger partial charge in [0.1, 0.15) is 17.1 Å². The van der Waals surface area contributed by atoms with Gasteiger partial charge in [0.25, 0.3) is 5.56 Å². The summed E-state index contributed by atoms with van der Waals surface area (Å²) in [5.74, 6) is -1.07. The van der Waals surface area contributed by atoms with Crippen molar-refractivity contribution < 1.29 is 19.1 Å². The molecule has 29 heavy (non-hydrogen) atoms. The monoisotopic (exact) mass is 403 g/mol. The number of carbonyl (C=O) groups excluding carboxylic acids is 2. The van der Waals surface area contributed by atoms with Gasteiger partial charge in [0.15, 0.2) is 6.61 Å². The predicted molar refractivity (Wildman–Crippen MR) is 107 cm³/mol. The first-order chi connectivity index (χ1) is 13.7. The van der Waals surface area contributed by atoms with Crippen LogP contribution < -0.4 is 21.7 Å². The highest BCUT2D eigenvalue weighted by molar-refractivity contribution is 6.02. The van der Waals surface area contributed by atoms with Gasteiger partial charge in [-0.05, 0) is 37.1 Å². The number of hydrogen-bond donors (Lipinski definition) is 1. The van der Waals surface area contributed by atoms with E-state index in [0.29, 0.717) is 12.4 Å². The number of carbonyl (C=O) groups is 2. The van der Waals surface area contributed by atoms with Gasteiger partial charge in [-0.3, -0.25) is 18.7 Å². The molecule has 0 aliphatic heterocycles. The number of rotatable bonds is 8. The van der Waals surface area contributed by atoms with Crippen molar-refractivity contribution in [2.75, 3.05) is 18.9 Å². The first kappa shape index (κ1) is 21.9. The largest absolute Gasteiger partial charge is 0.494 e. The van der Waals surface area contributed by atoms with Gasteiger partial charge in [-0.25, -0.2) is 9.59 Å². The van der Waals surface area contributed by atoms with Crippen molar-refractivity contribution in [2.24, 2.45) is 13.0 Å². The summed E-state index contributed by atoms with van der Waals surface area (Å²) in [7, 11) is 1.27. The SMILES string of the molecule is CCOc1ccc(C(=O)OCC(=O)c2c(N)n(CC(C)C)c(=O)n(C)c2=O)cc1. The molecule has 0 saturated heterocycles. The lowest BCUT2D eigenvalue weighted by Gasteiger charge is -2.16. The van der Waals surface area contributed by atoms with Crippen molar-refractivity contribution >= 4 is 17.6 Å². The fourth-order valence-electron chi connectivity index (χ4n) is 2.73. The Balaban J connectivity index is 2.22. The van der Waals surface area contributed by atoms with Gasteiger partial charge in [0.2, 0.25) is 5.78 Å². The summed E-state index contributed by atoms with van der Waals surface area (Å²) in [6, 6.07) is 6.23. The van der Waals surface area contributed by atoms with Crippen LogP contribution in [0.3, 0.4) is 0 Å². The number of ketones is 1. The van der Waals surface area contributed by atoms with Crippen LogP contribution in [0.2, 0.25) is 0 Å². The van der Waals surface area contributed by atoms with E-state index in [-0.39, 0.29) is 29.4 Å². The molecule has 9 heteroatoms. The van der Waals surface area contributed by atoms with Crippen molar-refractivity contribution in [3.63, 3.8) is 0 Å². The Kier molecular flexibility index (Phi) is 6.98. The van der Waals surface area contributed by atoms with Crippen molar-refractivity contribution in [1.29, 1.82) is 0 Å². The van der Waals surface area contributed by atoms with E-state index < -0.39 is 29.6 Å². The fourth-order valence-corrected chi connectivity index (χ4v) is 2.73. The summed E-state index contributed by atoms with van der Waals surface area (Å²) >= 11 is 0. The number of nitrogens with two attached hydrogens (primary N) is 1. The molecule has 0 unspecified atom stereocenters. The third kappa shape index (κ3) is 4.92. The normalized spacial score (nSPS) is 10.8. The van der Waals surface area contributed by atoms with Gasteiger partial charge >= 0.3 is 11.7 Å². The summed E-state index contributed by atoms with van der Waals surface area (Å²) in [5, 5.41) is 0. The summed E-state index contributed by atoms with van der Waals surface area (Å²) in [6.07, 6.45) is 0. The highest BCUT2D eigenvalue weighted by Crippen LogP contribution is 2.13. The highest BCUT2D eigenvalue weighted by atomic mass is 16.5. The molecule has 2 rings (SSSR count). The lowest BCUT2D eigenvalue weighted by atomic mass is 10.1. The molecule has 1 aromatic heterocycles. The van der Waals surface area contributed by atoms with E-state index in [4.69, 9.17) is 15.2 Å². The molecule has 0 fully saturated rings. The Labute approximate surface area is 167 Å². The maximum atomic E-state index is 12.6. The Morgan fingerprint density at radius 3 is 2.31 bits per heavy atom. The van der Waals surface area contributed by atoms with Crippen LogP contribution in [0.5, 0.6) is 5.75 Å². The van der Waals surface area contributed by atoms with Crippen LogP contribution in [0, 0.1) is 5.92 Å². The maximum absolute atomic E-state index is 12.6. The number of Topliss-reactive ketones (excluding diaryl/α,β-unsaturated/α-hetero) is 1. The van der Waals surface area contributed by atoms with Crippen LogP contribution in [-0.2, 0) is 18.3 Å². The lowest BCUT2D eigenvalue weighted by molar-refractivity contribution is 0.0474. The number of benzene rings is 1. The third-order valence-corrected chi connectivity index (χ3v) is 4.15. The summed E-state index contributed by atoms with van der Waals surface area (Å²) < 4.78 is 12.3. The Morgan fingerprint density at radius 2 is 1.76 bits per heavy atom. The van der Waals surface area contributed by atoms with E-state index in [1.165, 1.54) is 23.7 Å². The smallest absolute Gasteiger partial charge is 0.338 e. The van der Waals surface area contributed by atoms with Crippen LogP contribution in [0.1, 0.15) is 41.5 Å². The number of ether oxygens (including phenoxy) is 2. The number of nitrogen functional groups attached to an aromatic ring is 1. The lowest BCUT2D eigenvalue weighted by Crippen LogP contribution is -2.43. The number of hydrogen-bond acceptors (Lipinski definition) is 7. The second kappa shape index (κ2) is 9.22. The molecule has 0 bridgehead atoms. The maximum Gasteiger partial charge on any atom is 0.338 e. The van der Waals surface area contributed by atoms with Crippen molar-refractivity contribution in [1.82, 2.24) is 9.13 Å². The highest BCUT2D eigenvalue weighted by Gasteiger charge is 2.23. The molecule has 0 radical (unpaired) electrons. The molecule has 2 aromatic rings. The van der Waals surface area contributed by atoms with Gasteiger partial charge in [0.05, 0.1) is 12.2 Å². The molecule has 0 spiro atoms. The quantitative estimate of drug-likeness (QED) is 0.519.